The molecule has 0 amide bonds. The highest BCUT2D eigenvalue weighted by Crippen LogP contribution is 2.27. The van der Waals surface area contributed by atoms with Crippen LogP contribution < -0.4 is 0 Å². The van der Waals surface area contributed by atoms with Gasteiger partial charge in [0.1, 0.15) is 5.78 Å². The number of hydrogen-bond donors (Lipinski definition) is 0. The second-order valence-electron chi connectivity index (χ2n) is 5.53. The molecule has 0 aliphatic carbocycles. The van der Waals surface area contributed by atoms with Crippen LogP contribution in [0.15, 0.2) is 60.7 Å². The van der Waals surface area contributed by atoms with Crippen LogP contribution in [0.1, 0.15) is 36.8 Å². The van der Waals surface area contributed by atoms with Gasteiger partial charge in [-0.1, -0.05) is 79.3 Å². The van der Waals surface area contributed by atoms with Crippen molar-refractivity contribution in [2.75, 3.05) is 0 Å². The largest absolute Gasteiger partial charge is 0.299 e. The maximum atomic E-state index is 12.7. The van der Waals surface area contributed by atoms with Crippen LogP contribution in [0, 0.1) is 0 Å². The third-order valence-corrected chi connectivity index (χ3v) is 5.57. The molecule has 108 valence electrons. The van der Waals surface area contributed by atoms with Gasteiger partial charge in [-0.15, -0.1) is 5.28 Å². The van der Waals surface area contributed by atoms with Crippen molar-refractivity contribution in [2.24, 2.45) is 0 Å². The van der Waals surface area contributed by atoms with Crippen LogP contribution in [0.5, 0.6) is 0 Å². The molecule has 2 aromatic carbocycles. The van der Waals surface area contributed by atoms with E-state index >= 15 is 0 Å². The number of carbonyl (C=O) groups excluding carboxylic acids is 1. The van der Waals surface area contributed by atoms with Crippen LogP contribution in [0.3, 0.4) is 0 Å². The summed E-state index contributed by atoms with van der Waals surface area (Å²) in [7, 11) is 0. The van der Waals surface area contributed by atoms with Crippen molar-refractivity contribution in [3.8, 4) is 0 Å². The molecule has 0 radical (unpaired) electrons. The lowest BCUT2D eigenvalue weighted by Gasteiger charge is -2.17. The van der Waals surface area contributed by atoms with Gasteiger partial charge in [-0.2, -0.15) is 0 Å². The van der Waals surface area contributed by atoms with Crippen LogP contribution in [0.25, 0.3) is 0 Å². The van der Waals surface area contributed by atoms with Gasteiger partial charge in [-0.25, -0.2) is 0 Å². The summed E-state index contributed by atoms with van der Waals surface area (Å²) in [6.07, 6.45) is 1.77. The van der Waals surface area contributed by atoms with Crippen molar-refractivity contribution in [3.05, 3.63) is 71.8 Å². The third-order valence-electron chi connectivity index (χ3n) is 3.86. The molecule has 0 saturated carbocycles. The van der Waals surface area contributed by atoms with E-state index in [0.29, 0.717) is 12.2 Å². The molecule has 0 N–H and O–H groups in total. The number of rotatable bonds is 8. The number of benzene rings is 2. The number of Topliss-reactive ketones (excluding diaryl/α,β-unsaturated/α-hetero) is 1. The summed E-state index contributed by atoms with van der Waals surface area (Å²) in [5, 5.41) is 2.63. The van der Waals surface area contributed by atoms with Gasteiger partial charge in [0.05, 0.1) is 5.92 Å². The second kappa shape index (κ2) is 8.82. The smallest absolute Gasteiger partial charge is 0.236 e. The molecule has 0 aliphatic heterocycles. The van der Waals surface area contributed by atoms with Crippen LogP contribution in [0.2, 0.25) is 10.6 Å². The summed E-state index contributed by atoms with van der Waals surface area (Å²) < 4.78 is 0. The average Bonchev–Trinajstić information content (AvgIpc) is 2.54. The van der Waals surface area contributed by atoms with E-state index in [0.717, 1.165) is 17.5 Å². The molecule has 2 rings (SSSR count). The molecular formula is C19H23AlO. The van der Waals surface area contributed by atoms with E-state index in [4.69, 9.17) is 0 Å². The highest BCUT2D eigenvalue weighted by atomic mass is 27.1. The molecule has 0 spiro atoms. The van der Waals surface area contributed by atoms with Crippen LogP contribution in [0.4, 0.5) is 0 Å². The molecule has 0 aliphatic rings. The van der Waals surface area contributed by atoms with Crippen LogP contribution in [-0.4, -0.2) is 21.0 Å². The number of carbonyl (C=O) groups is 1. The summed E-state index contributed by atoms with van der Waals surface area (Å²) >= 11 is 0.0763. The Morgan fingerprint density at radius 3 is 1.95 bits per heavy atom. The Morgan fingerprint density at radius 1 is 0.952 bits per heavy atom. The third kappa shape index (κ3) is 4.85. The summed E-state index contributed by atoms with van der Waals surface area (Å²) in [5.74, 6) is 0.258. The van der Waals surface area contributed by atoms with E-state index in [9.17, 15) is 4.79 Å². The minimum absolute atomic E-state index is 0.0763. The highest BCUT2D eigenvalue weighted by molar-refractivity contribution is 6.35. The fourth-order valence-corrected chi connectivity index (χ4v) is 3.83. The molecule has 0 unspecified atom stereocenters. The lowest BCUT2D eigenvalue weighted by Crippen LogP contribution is -2.14. The normalized spacial score (nSPS) is 10.6. The first-order valence-electron chi connectivity index (χ1n) is 7.95. The van der Waals surface area contributed by atoms with Crippen molar-refractivity contribution < 1.29 is 4.79 Å². The topological polar surface area (TPSA) is 17.1 Å². The zero-order valence-corrected chi connectivity index (χ0v) is 14.2. The summed E-state index contributed by atoms with van der Waals surface area (Å²) in [6.45, 7) is 2.25. The van der Waals surface area contributed by atoms with E-state index in [1.54, 1.807) is 0 Å². The summed E-state index contributed by atoms with van der Waals surface area (Å²) in [4.78, 5) is 12.7. The zero-order chi connectivity index (χ0) is 14.9. The molecule has 0 fully saturated rings. The first-order chi connectivity index (χ1) is 10.3. The van der Waals surface area contributed by atoms with E-state index in [1.807, 2.05) is 36.4 Å². The van der Waals surface area contributed by atoms with Crippen LogP contribution in [-0.2, 0) is 4.79 Å². The van der Waals surface area contributed by atoms with Crippen molar-refractivity contribution in [3.63, 3.8) is 0 Å². The Bertz CT molecular complexity index is 497. The number of ketones is 1. The molecule has 0 aromatic heterocycles. The van der Waals surface area contributed by atoms with E-state index in [1.165, 1.54) is 10.6 Å². The quantitative estimate of drug-likeness (QED) is 0.519. The Kier molecular flexibility index (Phi) is 6.73. The first kappa shape index (κ1) is 16.0. The molecule has 2 aromatic rings. The minimum atomic E-state index is -0.101. The Balaban J connectivity index is 2.15. The standard InChI is InChI=1S/C17H17O.C2H5.Al.H/c1-2-9-16(18)17(14-10-5-3-6-11-14)15-12-7-4-8-13-15;1-2;;/h3-8,10-13,17H,1-2,9H2;1H2,2H3;;. The predicted octanol–water partition coefficient (Wildman–Crippen LogP) is 4.46. The maximum Gasteiger partial charge on any atom is 0.236 e. The monoisotopic (exact) mass is 294 g/mol. The zero-order valence-electron chi connectivity index (χ0n) is 12.8. The lowest BCUT2D eigenvalue weighted by molar-refractivity contribution is -0.119. The van der Waals surface area contributed by atoms with Gasteiger partial charge < -0.3 is 0 Å². The maximum absolute atomic E-state index is 12.7. The lowest BCUT2D eigenvalue weighted by atomic mass is 9.86. The number of hydrogen-bond acceptors (Lipinski definition) is 1. The van der Waals surface area contributed by atoms with Crippen LogP contribution >= 0.6 is 0 Å². The van der Waals surface area contributed by atoms with Gasteiger partial charge in [-0.05, 0) is 11.1 Å². The predicted molar refractivity (Wildman–Crippen MR) is 91.4 cm³/mol. The van der Waals surface area contributed by atoms with Crippen molar-refractivity contribution in [2.45, 2.75) is 36.2 Å². The van der Waals surface area contributed by atoms with Crippen molar-refractivity contribution >= 4 is 21.0 Å². The fourth-order valence-electron chi connectivity index (χ4n) is 2.73. The van der Waals surface area contributed by atoms with E-state index in [2.05, 4.69) is 31.2 Å². The molecule has 0 atom stereocenters. The minimum Gasteiger partial charge on any atom is -0.299 e. The van der Waals surface area contributed by atoms with Gasteiger partial charge >= 0.3 is 0 Å². The van der Waals surface area contributed by atoms with E-state index in [-0.39, 0.29) is 21.1 Å². The fraction of sp³-hybridized carbons (Fsp3) is 0.316. The van der Waals surface area contributed by atoms with Gasteiger partial charge in [0.15, 0.2) is 0 Å². The first-order valence-corrected chi connectivity index (χ1v) is 9.95. The highest BCUT2D eigenvalue weighted by Gasteiger charge is 2.21. The Hall–Kier alpha value is -1.36. The van der Waals surface area contributed by atoms with Crippen molar-refractivity contribution in [1.82, 2.24) is 0 Å². The van der Waals surface area contributed by atoms with Gasteiger partial charge in [0.2, 0.25) is 15.2 Å². The van der Waals surface area contributed by atoms with Gasteiger partial charge in [0.25, 0.3) is 0 Å². The Morgan fingerprint density at radius 2 is 1.48 bits per heavy atom. The molecule has 0 saturated heterocycles. The van der Waals surface area contributed by atoms with Crippen molar-refractivity contribution in [1.29, 1.82) is 0 Å². The summed E-state index contributed by atoms with van der Waals surface area (Å²) in [6, 6.07) is 20.3. The molecule has 2 heteroatoms. The van der Waals surface area contributed by atoms with Gasteiger partial charge in [0, 0.05) is 6.42 Å². The molecule has 21 heavy (non-hydrogen) atoms. The Labute approximate surface area is 134 Å². The summed E-state index contributed by atoms with van der Waals surface area (Å²) in [5.41, 5.74) is 2.22. The van der Waals surface area contributed by atoms with Gasteiger partial charge in [-0.3, -0.25) is 4.79 Å². The average molecular weight is 294 g/mol. The molecule has 0 bridgehead atoms. The van der Waals surface area contributed by atoms with E-state index < -0.39 is 0 Å². The molecule has 0 heterocycles. The molecule has 1 nitrogen and oxygen atoms in total. The SMILES string of the molecule is C[CH2][AlH][CH2]CCC(=O)C(c1ccccc1)c1ccccc1. The second-order valence-corrected chi connectivity index (χ2v) is 7.95. The molecular weight excluding hydrogens is 271 g/mol.